The number of nitrogens with two attached hydrogens (primary N) is 1. The van der Waals surface area contributed by atoms with Crippen molar-refractivity contribution >= 4 is 39.2 Å². The molecule has 152 valence electrons. The molecule has 0 unspecified atom stereocenters. The summed E-state index contributed by atoms with van der Waals surface area (Å²) in [6, 6.07) is 10.1. The first-order valence-electron chi connectivity index (χ1n) is 7.93. The molecular formula is C16H19N3O7S2. The van der Waals surface area contributed by atoms with Gasteiger partial charge in [-0.25, -0.2) is 5.26 Å². The Kier molecular flexibility index (Phi) is 8.17. The molecule has 2 aromatic carbocycles. The number of nitrogens with zero attached hydrogens (tertiary/aromatic N) is 2. The number of rotatable bonds is 10. The standard InChI is InChI=1S/C16H19N3O7S2/c1-11-9-14(17)16(24-7-2-8-28(21,22)23)10-15(11)19-18-12-3-5-13(6-4-12)27-26-25-20/h3-6,9-10,20H,2,7-8,17H2,1H3,(H,21,22,23). The van der Waals surface area contributed by atoms with Crippen LogP contribution in [0.15, 0.2) is 51.5 Å². The minimum Gasteiger partial charge on any atom is -0.491 e. The zero-order valence-corrected chi connectivity index (χ0v) is 16.4. The molecule has 0 saturated carbocycles. The third kappa shape index (κ3) is 7.42. The molecule has 0 atom stereocenters. The van der Waals surface area contributed by atoms with Crippen LogP contribution in [-0.2, 0) is 19.5 Å². The summed E-state index contributed by atoms with van der Waals surface area (Å²) in [5.41, 5.74) is 8.21. The van der Waals surface area contributed by atoms with Crippen molar-refractivity contribution in [2.45, 2.75) is 18.2 Å². The fourth-order valence-electron chi connectivity index (χ4n) is 2.09. The largest absolute Gasteiger partial charge is 0.491 e. The molecule has 0 aliphatic carbocycles. The van der Waals surface area contributed by atoms with Gasteiger partial charge in [0.15, 0.2) is 0 Å². The number of anilines is 1. The summed E-state index contributed by atoms with van der Waals surface area (Å²) in [6.07, 6.45) is 0.123. The summed E-state index contributed by atoms with van der Waals surface area (Å²) in [6.45, 7) is 1.89. The predicted molar refractivity (Wildman–Crippen MR) is 103 cm³/mol. The molecule has 0 saturated heterocycles. The number of aryl methyl sites for hydroxylation is 1. The first-order valence-corrected chi connectivity index (χ1v) is 10.3. The Bertz CT molecular complexity index is 919. The number of hydrogen-bond acceptors (Lipinski definition) is 10. The van der Waals surface area contributed by atoms with Crippen LogP contribution in [-0.4, -0.2) is 30.6 Å². The Morgan fingerprint density at radius 2 is 1.89 bits per heavy atom. The predicted octanol–water partition coefficient (Wildman–Crippen LogP) is 4.08. The van der Waals surface area contributed by atoms with Gasteiger partial charge in [0.1, 0.15) is 5.75 Å². The number of nitrogen functional groups attached to an aromatic ring is 1. The Labute approximate surface area is 166 Å². The van der Waals surface area contributed by atoms with E-state index in [0.717, 1.165) is 17.6 Å². The molecule has 0 aliphatic rings. The Balaban J connectivity index is 2.05. The van der Waals surface area contributed by atoms with E-state index in [1.165, 1.54) is 0 Å². The first-order chi connectivity index (χ1) is 13.3. The lowest BCUT2D eigenvalue weighted by Crippen LogP contribution is -2.09. The van der Waals surface area contributed by atoms with Gasteiger partial charge in [-0.15, -0.1) is 4.33 Å². The van der Waals surface area contributed by atoms with Crippen molar-refractivity contribution in [1.29, 1.82) is 0 Å². The van der Waals surface area contributed by atoms with Gasteiger partial charge in [-0.2, -0.15) is 18.6 Å². The molecule has 0 bridgehead atoms. The van der Waals surface area contributed by atoms with Crippen LogP contribution in [0.5, 0.6) is 5.75 Å². The Hall–Kier alpha value is -2.22. The molecule has 2 aromatic rings. The quantitative estimate of drug-likeness (QED) is 0.0964. The van der Waals surface area contributed by atoms with Gasteiger partial charge in [0.25, 0.3) is 10.1 Å². The maximum atomic E-state index is 10.7. The lowest BCUT2D eigenvalue weighted by atomic mass is 10.1. The monoisotopic (exact) mass is 429 g/mol. The van der Waals surface area contributed by atoms with Crippen LogP contribution in [0.3, 0.4) is 0 Å². The average Bonchev–Trinajstić information content (AvgIpc) is 2.64. The van der Waals surface area contributed by atoms with E-state index >= 15 is 0 Å². The molecule has 0 radical (unpaired) electrons. The molecular weight excluding hydrogens is 410 g/mol. The summed E-state index contributed by atoms with van der Waals surface area (Å²) < 4.78 is 40.0. The molecule has 0 aliphatic heterocycles. The molecule has 10 nitrogen and oxygen atoms in total. The third-order valence-corrected chi connectivity index (χ3v) is 4.80. The molecule has 0 amide bonds. The number of azo groups is 1. The minimum absolute atomic E-state index is 0.0718. The molecule has 0 heterocycles. The van der Waals surface area contributed by atoms with Crippen molar-refractivity contribution in [3.8, 4) is 5.75 Å². The fourth-order valence-corrected chi connectivity index (χ4v) is 2.93. The normalized spacial score (nSPS) is 11.8. The fraction of sp³-hybridized carbons (Fsp3) is 0.250. The SMILES string of the molecule is Cc1cc(N)c(OCCCS(=O)(=O)O)cc1N=Nc1ccc(SOOO)cc1. The van der Waals surface area contributed by atoms with Crippen molar-refractivity contribution in [3.05, 3.63) is 42.0 Å². The lowest BCUT2D eigenvalue weighted by Gasteiger charge is -2.10. The summed E-state index contributed by atoms with van der Waals surface area (Å²) in [7, 11) is -4.02. The highest BCUT2D eigenvalue weighted by Gasteiger charge is 2.08. The highest BCUT2D eigenvalue weighted by atomic mass is 32.2. The highest BCUT2D eigenvalue weighted by molar-refractivity contribution is 7.94. The molecule has 0 aromatic heterocycles. The van der Waals surface area contributed by atoms with Gasteiger partial charge in [0.2, 0.25) is 0 Å². The van der Waals surface area contributed by atoms with Crippen molar-refractivity contribution in [2.75, 3.05) is 18.1 Å². The maximum Gasteiger partial charge on any atom is 0.264 e. The smallest absolute Gasteiger partial charge is 0.264 e. The van der Waals surface area contributed by atoms with Gasteiger partial charge in [-0.05, 0) is 49.2 Å². The summed E-state index contributed by atoms with van der Waals surface area (Å²) in [4.78, 5) is 0.692. The second-order valence-corrected chi connectivity index (χ2v) is 7.93. The van der Waals surface area contributed by atoms with Gasteiger partial charge in [0, 0.05) is 11.0 Å². The van der Waals surface area contributed by atoms with Crippen LogP contribution < -0.4 is 10.5 Å². The van der Waals surface area contributed by atoms with Crippen LogP contribution in [0.4, 0.5) is 17.1 Å². The molecule has 2 rings (SSSR count). The van der Waals surface area contributed by atoms with Crippen LogP contribution in [0.1, 0.15) is 12.0 Å². The van der Waals surface area contributed by atoms with E-state index < -0.39 is 15.9 Å². The van der Waals surface area contributed by atoms with Crippen LogP contribution in [0.2, 0.25) is 0 Å². The highest BCUT2D eigenvalue weighted by Crippen LogP contribution is 2.32. The lowest BCUT2D eigenvalue weighted by molar-refractivity contribution is -0.432. The summed E-state index contributed by atoms with van der Waals surface area (Å²) in [5.74, 6) is -0.0440. The van der Waals surface area contributed by atoms with Gasteiger partial charge in [0.05, 0.1) is 41.5 Å². The van der Waals surface area contributed by atoms with E-state index in [-0.39, 0.29) is 13.0 Å². The maximum absolute atomic E-state index is 10.7. The molecule has 0 spiro atoms. The summed E-state index contributed by atoms with van der Waals surface area (Å²) in [5, 5.41) is 20.0. The molecule has 0 fully saturated rings. The van der Waals surface area contributed by atoms with E-state index in [0.29, 0.717) is 27.7 Å². The van der Waals surface area contributed by atoms with E-state index in [4.69, 9.17) is 20.3 Å². The van der Waals surface area contributed by atoms with Crippen LogP contribution in [0.25, 0.3) is 0 Å². The molecule has 4 N–H and O–H groups in total. The zero-order chi connectivity index (χ0) is 20.6. The minimum atomic E-state index is -4.02. The van der Waals surface area contributed by atoms with Crippen molar-refractivity contribution < 1.29 is 32.3 Å². The third-order valence-electron chi connectivity index (χ3n) is 3.40. The van der Waals surface area contributed by atoms with Crippen molar-refractivity contribution in [3.63, 3.8) is 0 Å². The topological polar surface area (TPSA) is 153 Å². The number of benzene rings is 2. The van der Waals surface area contributed by atoms with Gasteiger partial charge >= 0.3 is 0 Å². The van der Waals surface area contributed by atoms with E-state index in [2.05, 4.69) is 19.6 Å². The summed E-state index contributed by atoms with van der Waals surface area (Å²) >= 11 is 0.832. The van der Waals surface area contributed by atoms with Crippen molar-refractivity contribution in [1.82, 2.24) is 0 Å². The van der Waals surface area contributed by atoms with Gasteiger partial charge < -0.3 is 10.5 Å². The average molecular weight is 429 g/mol. The second kappa shape index (κ2) is 10.4. The number of ether oxygens (including phenoxy) is 1. The first kappa shape index (κ1) is 22.1. The van der Waals surface area contributed by atoms with E-state index in [1.807, 2.05) is 6.92 Å². The number of hydrogen-bond donors (Lipinski definition) is 3. The Morgan fingerprint density at radius 1 is 1.18 bits per heavy atom. The second-order valence-electron chi connectivity index (χ2n) is 5.58. The Morgan fingerprint density at radius 3 is 2.54 bits per heavy atom. The molecule has 28 heavy (non-hydrogen) atoms. The van der Waals surface area contributed by atoms with E-state index in [9.17, 15) is 8.42 Å². The van der Waals surface area contributed by atoms with Crippen molar-refractivity contribution in [2.24, 2.45) is 10.2 Å². The zero-order valence-electron chi connectivity index (χ0n) is 14.8. The van der Waals surface area contributed by atoms with Gasteiger partial charge in [-0.1, -0.05) is 5.04 Å². The van der Waals surface area contributed by atoms with E-state index in [1.54, 1.807) is 36.4 Å². The van der Waals surface area contributed by atoms with Gasteiger partial charge in [-0.3, -0.25) is 4.55 Å². The van der Waals surface area contributed by atoms with Crippen LogP contribution in [0, 0.1) is 6.92 Å². The van der Waals surface area contributed by atoms with Crippen LogP contribution >= 0.6 is 12.0 Å². The molecule has 12 heteroatoms.